The van der Waals surface area contributed by atoms with Crippen molar-refractivity contribution in [2.75, 3.05) is 18.0 Å². The zero-order valence-electron chi connectivity index (χ0n) is 10.8. The number of β-amino-alcohol motifs (C(OH)–C–C–N with tert-alkyl or cyclic N) is 1. The minimum Gasteiger partial charge on any atom is -0.391 e. The Morgan fingerprint density at radius 1 is 1.17 bits per heavy atom. The van der Waals surface area contributed by atoms with E-state index in [9.17, 15) is 5.11 Å². The monoisotopic (exact) mass is 241 g/mol. The van der Waals surface area contributed by atoms with Gasteiger partial charge in [-0.15, -0.1) is 0 Å². The van der Waals surface area contributed by atoms with Gasteiger partial charge in [-0.2, -0.15) is 0 Å². The summed E-state index contributed by atoms with van der Waals surface area (Å²) in [5, 5.41) is 12.5. The average molecular weight is 241 g/mol. The molecule has 0 saturated carbocycles. The van der Waals surface area contributed by atoms with Crippen LogP contribution in [0.2, 0.25) is 0 Å². The number of aliphatic hydroxyl groups excluding tert-OH is 1. The maximum atomic E-state index is 9.84. The van der Waals surface area contributed by atoms with Crippen LogP contribution in [0.1, 0.15) is 18.4 Å². The first kappa shape index (κ1) is 11.5. The lowest BCUT2D eigenvalue weighted by Crippen LogP contribution is -2.38. The van der Waals surface area contributed by atoms with Crippen LogP contribution < -0.4 is 4.90 Å². The molecule has 1 unspecified atom stereocenters. The van der Waals surface area contributed by atoms with Crippen molar-refractivity contribution < 1.29 is 5.11 Å². The topological polar surface area (TPSA) is 23.5 Å². The number of benzene rings is 2. The largest absolute Gasteiger partial charge is 0.391 e. The van der Waals surface area contributed by atoms with Gasteiger partial charge in [0.05, 0.1) is 6.10 Å². The van der Waals surface area contributed by atoms with Crippen molar-refractivity contribution in [2.24, 2.45) is 0 Å². The van der Waals surface area contributed by atoms with E-state index in [-0.39, 0.29) is 6.10 Å². The molecule has 0 amide bonds. The van der Waals surface area contributed by atoms with E-state index < -0.39 is 0 Å². The molecule has 2 aromatic carbocycles. The molecule has 1 N–H and O–H groups in total. The van der Waals surface area contributed by atoms with Crippen molar-refractivity contribution in [1.82, 2.24) is 0 Å². The number of hydrogen-bond acceptors (Lipinski definition) is 2. The fourth-order valence-electron chi connectivity index (χ4n) is 2.94. The fraction of sp³-hybridized carbons (Fsp3) is 0.375. The molecular weight excluding hydrogens is 222 g/mol. The highest BCUT2D eigenvalue weighted by atomic mass is 16.3. The zero-order valence-corrected chi connectivity index (χ0v) is 10.8. The van der Waals surface area contributed by atoms with Gasteiger partial charge in [-0.3, -0.25) is 0 Å². The first-order valence-corrected chi connectivity index (χ1v) is 6.67. The lowest BCUT2D eigenvalue weighted by Gasteiger charge is -2.33. The van der Waals surface area contributed by atoms with Crippen LogP contribution in [0.25, 0.3) is 10.8 Å². The molecule has 0 aliphatic carbocycles. The number of hydrogen-bond donors (Lipinski definition) is 1. The molecule has 2 aromatic rings. The Kier molecular flexibility index (Phi) is 2.96. The number of aliphatic hydroxyl groups is 1. The van der Waals surface area contributed by atoms with E-state index in [0.717, 1.165) is 25.9 Å². The summed E-state index contributed by atoms with van der Waals surface area (Å²) in [7, 11) is 0. The zero-order chi connectivity index (χ0) is 12.5. The van der Waals surface area contributed by atoms with Gasteiger partial charge in [-0.05, 0) is 36.8 Å². The predicted octanol–water partition coefficient (Wildman–Crippen LogP) is 3.11. The third-order valence-corrected chi connectivity index (χ3v) is 3.83. The highest BCUT2D eigenvalue weighted by molar-refractivity contribution is 5.96. The van der Waals surface area contributed by atoms with Gasteiger partial charge in [-0.25, -0.2) is 0 Å². The molecule has 2 heteroatoms. The summed E-state index contributed by atoms with van der Waals surface area (Å²) >= 11 is 0. The van der Waals surface area contributed by atoms with Gasteiger partial charge in [-0.1, -0.05) is 30.3 Å². The molecule has 1 saturated heterocycles. The van der Waals surface area contributed by atoms with E-state index in [2.05, 4.69) is 48.2 Å². The first-order chi connectivity index (χ1) is 8.75. The molecule has 94 valence electrons. The Morgan fingerprint density at radius 2 is 1.94 bits per heavy atom. The third-order valence-electron chi connectivity index (χ3n) is 3.83. The molecule has 1 heterocycles. The number of piperidine rings is 1. The molecule has 0 spiro atoms. The van der Waals surface area contributed by atoms with Crippen LogP contribution in [-0.4, -0.2) is 24.3 Å². The van der Waals surface area contributed by atoms with Crippen LogP contribution in [0.5, 0.6) is 0 Å². The number of anilines is 1. The number of aryl methyl sites for hydroxylation is 1. The van der Waals surface area contributed by atoms with Crippen molar-refractivity contribution in [3.63, 3.8) is 0 Å². The molecule has 1 aliphatic rings. The minimum absolute atomic E-state index is 0.182. The van der Waals surface area contributed by atoms with E-state index in [1.165, 1.54) is 22.0 Å². The van der Waals surface area contributed by atoms with Gasteiger partial charge < -0.3 is 10.0 Å². The second kappa shape index (κ2) is 4.62. The molecular formula is C16H19NO. The lowest BCUT2D eigenvalue weighted by molar-refractivity contribution is 0.154. The Morgan fingerprint density at radius 3 is 2.72 bits per heavy atom. The van der Waals surface area contributed by atoms with Gasteiger partial charge in [0.1, 0.15) is 0 Å². The summed E-state index contributed by atoms with van der Waals surface area (Å²) in [5.41, 5.74) is 2.58. The van der Waals surface area contributed by atoms with Crippen molar-refractivity contribution in [3.05, 3.63) is 42.0 Å². The Labute approximate surface area is 108 Å². The van der Waals surface area contributed by atoms with Gasteiger partial charge >= 0.3 is 0 Å². The SMILES string of the molecule is Cc1cccc2cccc(N3CCCC(O)C3)c12. The van der Waals surface area contributed by atoms with E-state index in [1.807, 2.05) is 0 Å². The molecule has 0 aromatic heterocycles. The van der Waals surface area contributed by atoms with E-state index in [4.69, 9.17) is 0 Å². The van der Waals surface area contributed by atoms with Crippen LogP contribution in [0, 0.1) is 6.92 Å². The van der Waals surface area contributed by atoms with Gasteiger partial charge in [0.25, 0.3) is 0 Å². The third kappa shape index (κ3) is 1.97. The van der Waals surface area contributed by atoms with E-state index in [1.54, 1.807) is 0 Å². The molecule has 1 atom stereocenters. The molecule has 0 bridgehead atoms. The molecule has 1 fully saturated rings. The van der Waals surface area contributed by atoms with Gasteiger partial charge in [0.15, 0.2) is 0 Å². The first-order valence-electron chi connectivity index (χ1n) is 6.67. The number of fused-ring (bicyclic) bond motifs is 1. The van der Waals surface area contributed by atoms with Crippen molar-refractivity contribution in [3.8, 4) is 0 Å². The Hall–Kier alpha value is -1.54. The Balaban J connectivity index is 2.11. The predicted molar refractivity (Wildman–Crippen MR) is 76.1 cm³/mol. The van der Waals surface area contributed by atoms with Crippen LogP contribution in [-0.2, 0) is 0 Å². The van der Waals surface area contributed by atoms with Crippen molar-refractivity contribution in [1.29, 1.82) is 0 Å². The lowest BCUT2D eigenvalue weighted by atomic mass is 10.0. The quantitative estimate of drug-likeness (QED) is 0.829. The van der Waals surface area contributed by atoms with Crippen LogP contribution in [0.4, 0.5) is 5.69 Å². The fourth-order valence-corrected chi connectivity index (χ4v) is 2.94. The second-order valence-electron chi connectivity index (χ2n) is 5.19. The van der Waals surface area contributed by atoms with Crippen molar-refractivity contribution in [2.45, 2.75) is 25.9 Å². The normalized spacial score (nSPS) is 20.3. The number of nitrogens with zero attached hydrogens (tertiary/aromatic N) is 1. The van der Waals surface area contributed by atoms with Gasteiger partial charge in [0.2, 0.25) is 0 Å². The molecule has 18 heavy (non-hydrogen) atoms. The summed E-state index contributed by atoms with van der Waals surface area (Å²) in [6, 6.07) is 12.9. The summed E-state index contributed by atoms with van der Waals surface area (Å²) < 4.78 is 0. The molecule has 2 nitrogen and oxygen atoms in total. The van der Waals surface area contributed by atoms with Gasteiger partial charge in [0, 0.05) is 24.2 Å². The Bertz CT molecular complexity index is 559. The second-order valence-corrected chi connectivity index (χ2v) is 5.19. The standard InChI is InChI=1S/C16H19NO/c1-12-5-2-6-13-7-3-9-15(16(12)13)17-10-4-8-14(18)11-17/h2-3,5-7,9,14,18H,4,8,10-11H2,1H3. The maximum absolute atomic E-state index is 9.84. The summed E-state index contributed by atoms with van der Waals surface area (Å²) in [5.74, 6) is 0. The molecule has 3 rings (SSSR count). The highest BCUT2D eigenvalue weighted by Crippen LogP contribution is 2.31. The average Bonchev–Trinajstić information content (AvgIpc) is 2.38. The van der Waals surface area contributed by atoms with Crippen molar-refractivity contribution >= 4 is 16.5 Å². The van der Waals surface area contributed by atoms with E-state index >= 15 is 0 Å². The van der Waals surface area contributed by atoms with Crippen LogP contribution in [0.3, 0.4) is 0 Å². The summed E-state index contributed by atoms with van der Waals surface area (Å²) in [4.78, 5) is 2.32. The molecule has 0 radical (unpaired) electrons. The minimum atomic E-state index is -0.182. The summed E-state index contributed by atoms with van der Waals surface area (Å²) in [6.07, 6.45) is 1.82. The smallest absolute Gasteiger partial charge is 0.0715 e. The molecule has 1 aliphatic heterocycles. The highest BCUT2D eigenvalue weighted by Gasteiger charge is 2.19. The van der Waals surface area contributed by atoms with Crippen LogP contribution in [0.15, 0.2) is 36.4 Å². The van der Waals surface area contributed by atoms with E-state index in [0.29, 0.717) is 0 Å². The maximum Gasteiger partial charge on any atom is 0.0715 e. The summed E-state index contributed by atoms with van der Waals surface area (Å²) in [6.45, 7) is 3.96. The van der Waals surface area contributed by atoms with Crippen LogP contribution >= 0.6 is 0 Å². The number of rotatable bonds is 1.